The molecule has 2 heterocycles. The van der Waals surface area contributed by atoms with E-state index in [9.17, 15) is 18.0 Å². The highest BCUT2D eigenvalue weighted by Gasteiger charge is 2.37. The summed E-state index contributed by atoms with van der Waals surface area (Å²) in [6, 6.07) is 16.1. The van der Waals surface area contributed by atoms with Crippen molar-refractivity contribution >= 4 is 32.6 Å². The van der Waals surface area contributed by atoms with Gasteiger partial charge in [-0.3, -0.25) is 9.59 Å². The number of anilines is 1. The Morgan fingerprint density at radius 3 is 2.51 bits per heavy atom. The van der Waals surface area contributed by atoms with Crippen LogP contribution in [0.25, 0.3) is 22.3 Å². The molecule has 1 saturated carbocycles. The van der Waals surface area contributed by atoms with Crippen molar-refractivity contribution in [2.24, 2.45) is 0 Å². The summed E-state index contributed by atoms with van der Waals surface area (Å²) in [5, 5.41) is 3.22. The van der Waals surface area contributed by atoms with Gasteiger partial charge in [0, 0.05) is 22.9 Å². The average Bonchev–Trinajstić information content (AvgIpc) is 3.73. The predicted octanol–water partition coefficient (Wildman–Crippen LogP) is 4.87. The Morgan fingerprint density at radius 1 is 1.08 bits per heavy atom. The highest BCUT2D eigenvalue weighted by Crippen LogP contribution is 2.33. The van der Waals surface area contributed by atoms with Crippen LogP contribution in [0.5, 0.6) is 0 Å². The zero-order valence-corrected chi connectivity index (χ0v) is 21.6. The Morgan fingerprint density at radius 2 is 1.81 bits per heavy atom. The van der Waals surface area contributed by atoms with Crippen molar-refractivity contribution in [3.05, 3.63) is 93.4 Å². The summed E-state index contributed by atoms with van der Waals surface area (Å²) in [7, 11) is -3.72. The first-order valence-electron chi connectivity index (χ1n) is 12.1. The normalized spacial score (nSPS) is 14.4. The lowest BCUT2D eigenvalue weighted by Gasteiger charge is -2.20. The van der Waals surface area contributed by atoms with Crippen LogP contribution < -0.4 is 15.5 Å². The molecule has 1 amide bonds. The smallest absolute Gasteiger partial charge is 0.285 e. The van der Waals surface area contributed by atoms with Crippen LogP contribution in [-0.4, -0.2) is 24.6 Å². The van der Waals surface area contributed by atoms with Crippen molar-refractivity contribution in [2.75, 3.05) is 5.32 Å². The third-order valence-electron chi connectivity index (χ3n) is 6.49. The molecule has 2 N–H and O–H groups in total. The van der Waals surface area contributed by atoms with Gasteiger partial charge in [0.2, 0.25) is 10.0 Å². The Kier molecular flexibility index (Phi) is 6.33. The summed E-state index contributed by atoms with van der Waals surface area (Å²) in [5.41, 5.74) is 3.62. The van der Waals surface area contributed by atoms with Gasteiger partial charge in [-0.15, -0.1) is 0 Å². The first-order valence-corrected chi connectivity index (χ1v) is 13.6. The number of hydrogen-bond acceptors (Lipinski definition) is 7. The second kappa shape index (κ2) is 9.48. The first-order chi connectivity index (χ1) is 17.7. The van der Waals surface area contributed by atoms with Gasteiger partial charge in [0.25, 0.3) is 5.91 Å². The molecular formula is C28H27N3O5S. The summed E-state index contributed by atoms with van der Waals surface area (Å²) >= 11 is 0. The first kappa shape index (κ1) is 24.7. The number of hydrogen-bond donors (Lipinski definition) is 2. The van der Waals surface area contributed by atoms with Crippen molar-refractivity contribution < 1.29 is 17.6 Å². The Bertz CT molecular complexity index is 1680. The standard InChI is InChI=1S/C28H27N3O5S/c1-16-14-21(27-22(15-16)25(32)17(2)26(36-27)19-8-5-4-6-9-19)18(3)30-23-10-7-13-29-24(23)28(33)31-37(34,35)20-11-12-20/h4-10,13-15,18,20,30H,11-12H2,1-3H3,(H,31,33)/t18-/m1/s1. The van der Waals surface area contributed by atoms with Gasteiger partial charge in [0.1, 0.15) is 11.3 Å². The van der Waals surface area contributed by atoms with Crippen LogP contribution in [-0.2, 0) is 10.0 Å². The lowest BCUT2D eigenvalue weighted by atomic mass is 9.98. The van der Waals surface area contributed by atoms with Crippen molar-refractivity contribution in [1.29, 1.82) is 0 Å². The third-order valence-corrected chi connectivity index (χ3v) is 8.31. The number of fused-ring (bicyclic) bond motifs is 1. The molecule has 9 heteroatoms. The molecule has 0 radical (unpaired) electrons. The van der Waals surface area contributed by atoms with Crippen LogP contribution in [0.1, 0.15) is 53.0 Å². The van der Waals surface area contributed by atoms with Crippen LogP contribution in [0.15, 0.2) is 70.0 Å². The van der Waals surface area contributed by atoms with Crippen molar-refractivity contribution in [1.82, 2.24) is 9.71 Å². The zero-order valence-electron chi connectivity index (χ0n) is 20.7. The Hall–Kier alpha value is -3.98. The van der Waals surface area contributed by atoms with E-state index in [4.69, 9.17) is 4.42 Å². The van der Waals surface area contributed by atoms with E-state index in [1.807, 2.05) is 56.3 Å². The number of carbonyl (C=O) groups excluding carboxylic acids is 1. The van der Waals surface area contributed by atoms with Gasteiger partial charge in [-0.2, -0.15) is 0 Å². The number of rotatable bonds is 7. The molecular weight excluding hydrogens is 490 g/mol. The molecule has 0 saturated heterocycles. The number of sulfonamides is 1. The second-order valence-electron chi connectivity index (χ2n) is 9.42. The predicted molar refractivity (Wildman–Crippen MR) is 143 cm³/mol. The summed E-state index contributed by atoms with van der Waals surface area (Å²) < 4.78 is 33.1. The minimum absolute atomic E-state index is 0.0298. The molecule has 0 bridgehead atoms. The lowest BCUT2D eigenvalue weighted by molar-refractivity contribution is 0.0977. The highest BCUT2D eigenvalue weighted by molar-refractivity contribution is 7.91. The van der Waals surface area contributed by atoms with E-state index in [1.54, 1.807) is 19.1 Å². The number of carbonyl (C=O) groups is 1. The van der Waals surface area contributed by atoms with Crippen LogP contribution in [0.4, 0.5) is 5.69 Å². The quantitative estimate of drug-likeness (QED) is 0.359. The highest BCUT2D eigenvalue weighted by atomic mass is 32.2. The van der Waals surface area contributed by atoms with Gasteiger partial charge in [-0.05, 0) is 57.4 Å². The maximum atomic E-state index is 13.3. The third kappa shape index (κ3) is 4.86. The second-order valence-corrected chi connectivity index (χ2v) is 11.4. The molecule has 5 rings (SSSR count). The fourth-order valence-corrected chi connectivity index (χ4v) is 5.69. The van der Waals surface area contributed by atoms with E-state index in [1.165, 1.54) is 6.20 Å². The topological polar surface area (TPSA) is 118 Å². The molecule has 8 nitrogen and oxygen atoms in total. The van der Waals surface area contributed by atoms with E-state index in [0.717, 1.165) is 16.7 Å². The SMILES string of the molecule is Cc1cc([C@@H](C)Nc2cccnc2C(=O)NS(=O)(=O)C2CC2)c2oc(-c3ccccc3)c(C)c(=O)c2c1. The fraction of sp³-hybridized carbons (Fsp3) is 0.250. The number of aromatic nitrogens is 1. The van der Waals surface area contributed by atoms with E-state index < -0.39 is 27.2 Å². The van der Waals surface area contributed by atoms with Crippen molar-refractivity contribution in [3.8, 4) is 11.3 Å². The summed E-state index contributed by atoms with van der Waals surface area (Å²) in [6.45, 7) is 5.54. The number of amides is 1. The van der Waals surface area contributed by atoms with E-state index >= 15 is 0 Å². The van der Waals surface area contributed by atoms with E-state index in [0.29, 0.717) is 40.8 Å². The van der Waals surface area contributed by atoms with Gasteiger partial charge in [0.15, 0.2) is 11.1 Å². The van der Waals surface area contributed by atoms with Gasteiger partial charge < -0.3 is 9.73 Å². The zero-order chi connectivity index (χ0) is 26.3. The average molecular weight is 518 g/mol. The maximum absolute atomic E-state index is 13.3. The molecule has 190 valence electrons. The molecule has 37 heavy (non-hydrogen) atoms. The molecule has 1 atom stereocenters. The number of nitrogens with zero attached hydrogens (tertiary/aromatic N) is 1. The molecule has 1 aliphatic rings. The number of pyridine rings is 1. The monoisotopic (exact) mass is 517 g/mol. The molecule has 1 aliphatic carbocycles. The molecule has 4 aromatic rings. The van der Waals surface area contributed by atoms with Gasteiger partial charge in [-0.25, -0.2) is 18.1 Å². The van der Waals surface area contributed by atoms with Crippen LogP contribution in [0.2, 0.25) is 0 Å². The fourth-order valence-electron chi connectivity index (χ4n) is 4.41. The lowest BCUT2D eigenvalue weighted by Crippen LogP contribution is -2.34. The van der Waals surface area contributed by atoms with Crippen LogP contribution in [0.3, 0.4) is 0 Å². The maximum Gasteiger partial charge on any atom is 0.285 e. The Balaban J connectivity index is 1.55. The van der Waals surface area contributed by atoms with Crippen molar-refractivity contribution in [3.63, 3.8) is 0 Å². The number of nitrogens with one attached hydrogen (secondary N) is 2. The summed E-state index contributed by atoms with van der Waals surface area (Å²) in [4.78, 5) is 30.3. The Labute approximate surface area is 214 Å². The van der Waals surface area contributed by atoms with Crippen LogP contribution in [0, 0.1) is 13.8 Å². The molecule has 2 aromatic heterocycles. The minimum atomic E-state index is -3.72. The summed E-state index contributed by atoms with van der Waals surface area (Å²) in [5.74, 6) is -0.285. The van der Waals surface area contributed by atoms with E-state index in [2.05, 4.69) is 15.0 Å². The van der Waals surface area contributed by atoms with Gasteiger partial charge in [-0.1, -0.05) is 36.4 Å². The molecule has 1 fully saturated rings. The largest absolute Gasteiger partial charge is 0.455 e. The van der Waals surface area contributed by atoms with Gasteiger partial charge in [0.05, 0.1) is 22.4 Å². The van der Waals surface area contributed by atoms with Gasteiger partial charge >= 0.3 is 0 Å². The van der Waals surface area contributed by atoms with Crippen molar-refractivity contribution in [2.45, 2.75) is 44.9 Å². The molecule has 0 aliphatic heterocycles. The minimum Gasteiger partial charge on any atom is -0.455 e. The number of aryl methyl sites for hydroxylation is 1. The molecule has 0 unspecified atom stereocenters. The molecule has 2 aromatic carbocycles. The van der Waals surface area contributed by atoms with E-state index in [-0.39, 0.29) is 11.1 Å². The molecule has 0 spiro atoms. The van der Waals surface area contributed by atoms with Crippen LogP contribution >= 0.6 is 0 Å². The summed E-state index contributed by atoms with van der Waals surface area (Å²) in [6.07, 6.45) is 2.52. The number of benzene rings is 2.